The molecule has 0 saturated carbocycles. The van der Waals surface area contributed by atoms with Gasteiger partial charge in [0.25, 0.3) is 5.91 Å². The number of carbonyl (C=O) groups is 1. The molecule has 1 aromatic carbocycles. The lowest BCUT2D eigenvalue weighted by molar-refractivity contribution is -0.140. The van der Waals surface area contributed by atoms with Gasteiger partial charge in [-0.1, -0.05) is 6.92 Å². The molecule has 0 spiro atoms. The Bertz CT molecular complexity index is 531. The third kappa shape index (κ3) is 3.98. The van der Waals surface area contributed by atoms with Gasteiger partial charge >= 0.3 is 6.18 Å². The van der Waals surface area contributed by atoms with Crippen molar-refractivity contribution in [2.24, 2.45) is 0 Å². The van der Waals surface area contributed by atoms with Crippen LogP contribution < -0.4 is 5.32 Å². The second-order valence-electron chi connectivity index (χ2n) is 4.18. The van der Waals surface area contributed by atoms with Crippen molar-refractivity contribution in [2.75, 3.05) is 0 Å². The molecule has 20 heavy (non-hydrogen) atoms. The number of alkyl halides is 3. The minimum Gasteiger partial charge on any atom is -0.348 e. The van der Waals surface area contributed by atoms with Crippen molar-refractivity contribution in [3.05, 3.63) is 35.1 Å². The molecule has 0 saturated heterocycles. The number of hydrogen-bond donors (Lipinski definition) is 1. The van der Waals surface area contributed by atoms with Gasteiger partial charge in [0.15, 0.2) is 0 Å². The number of rotatable bonds is 4. The Morgan fingerprint density at radius 1 is 1.45 bits per heavy atom. The van der Waals surface area contributed by atoms with E-state index in [-0.39, 0.29) is 18.0 Å². The molecule has 0 fully saturated rings. The van der Waals surface area contributed by atoms with Gasteiger partial charge in [-0.05, 0) is 24.6 Å². The summed E-state index contributed by atoms with van der Waals surface area (Å²) in [5.41, 5.74) is -1.72. The summed E-state index contributed by atoms with van der Waals surface area (Å²) in [6.07, 6.45) is 1.10. The Morgan fingerprint density at radius 3 is 2.60 bits per heavy atom. The van der Waals surface area contributed by atoms with E-state index in [0.717, 1.165) is 6.07 Å². The summed E-state index contributed by atoms with van der Waals surface area (Å²) in [6, 6.07) is 1.79. The first-order chi connectivity index (χ1) is 9.29. The van der Waals surface area contributed by atoms with E-state index in [4.69, 9.17) is 6.42 Å². The predicted octanol–water partition coefficient (Wildman–Crippen LogP) is 3.38. The molecular weight excluding hydrogens is 274 g/mol. The molecule has 1 N–H and O–H groups in total. The van der Waals surface area contributed by atoms with Crippen LogP contribution in [0.1, 0.15) is 35.7 Å². The van der Waals surface area contributed by atoms with Crippen LogP contribution in [0.25, 0.3) is 0 Å². The van der Waals surface area contributed by atoms with Crippen molar-refractivity contribution in [3.63, 3.8) is 0 Å². The number of amides is 1. The largest absolute Gasteiger partial charge is 0.419 e. The quantitative estimate of drug-likeness (QED) is 0.667. The van der Waals surface area contributed by atoms with Crippen molar-refractivity contribution in [2.45, 2.75) is 32.0 Å². The van der Waals surface area contributed by atoms with E-state index in [0.29, 0.717) is 18.6 Å². The van der Waals surface area contributed by atoms with Crippen LogP contribution in [0.4, 0.5) is 17.6 Å². The van der Waals surface area contributed by atoms with Crippen LogP contribution in [0.3, 0.4) is 0 Å². The van der Waals surface area contributed by atoms with Gasteiger partial charge in [-0.3, -0.25) is 4.79 Å². The van der Waals surface area contributed by atoms with Gasteiger partial charge in [0.1, 0.15) is 5.82 Å². The number of halogens is 4. The van der Waals surface area contributed by atoms with E-state index in [1.807, 2.05) is 0 Å². The highest BCUT2D eigenvalue weighted by Gasteiger charge is 2.34. The van der Waals surface area contributed by atoms with Gasteiger partial charge in [-0.2, -0.15) is 13.2 Å². The maximum Gasteiger partial charge on any atom is 0.419 e. The maximum atomic E-state index is 13.1. The Labute approximate surface area is 114 Å². The summed E-state index contributed by atoms with van der Waals surface area (Å²) in [7, 11) is 0. The van der Waals surface area contributed by atoms with Crippen LogP contribution in [-0.2, 0) is 6.18 Å². The standard InChI is InChI=1S/C14H13F4NO/c1-3-5-10(4-2)19-13(20)9-6-7-12(15)11(8-9)14(16,17)18/h1,6-8,10H,4-5H2,2H3,(H,19,20). The second-order valence-corrected chi connectivity index (χ2v) is 4.18. The molecule has 0 aliphatic carbocycles. The van der Waals surface area contributed by atoms with Crippen LogP contribution in [0.2, 0.25) is 0 Å². The number of nitrogens with one attached hydrogen (secondary N) is 1. The van der Waals surface area contributed by atoms with Crippen LogP contribution in [-0.4, -0.2) is 11.9 Å². The fourth-order valence-electron chi connectivity index (χ4n) is 1.59. The molecule has 2 nitrogen and oxygen atoms in total. The minimum absolute atomic E-state index is 0.255. The van der Waals surface area contributed by atoms with Gasteiger partial charge < -0.3 is 5.32 Å². The third-order valence-electron chi connectivity index (χ3n) is 2.73. The molecule has 1 rings (SSSR count). The molecular formula is C14H13F4NO. The monoisotopic (exact) mass is 287 g/mol. The Hall–Kier alpha value is -2.03. The van der Waals surface area contributed by atoms with E-state index in [1.54, 1.807) is 6.92 Å². The molecule has 0 aliphatic rings. The molecule has 1 aromatic rings. The van der Waals surface area contributed by atoms with Crippen molar-refractivity contribution in [1.82, 2.24) is 5.32 Å². The molecule has 0 aromatic heterocycles. The first-order valence-corrected chi connectivity index (χ1v) is 5.90. The molecule has 108 valence electrons. The van der Waals surface area contributed by atoms with Crippen molar-refractivity contribution >= 4 is 5.91 Å². The van der Waals surface area contributed by atoms with Gasteiger partial charge in [-0.15, -0.1) is 12.3 Å². The molecule has 6 heteroatoms. The van der Waals surface area contributed by atoms with Crippen LogP contribution in [0, 0.1) is 18.2 Å². The summed E-state index contributed by atoms with van der Waals surface area (Å²) in [4.78, 5) is 11.8. The highest BCUT2D eigenvalue weighted by atomic mass is 19.4. The summed E-state index contributed by atoms with van der Waals surface area (Å²) < 4.78 is 50.7. The molecule has 1 atom stereocenters. The second kappa shape index (κ2) is 6.42. The van der Waals surface area contributed by atoms with Crippen molar-refractivity contribution < 1.29 is 22.4 Å². The van der Waals surface area contributed by atoms with Crippen LogP contribution in [0.15, 0.2) is 18.2 Å². The first kappa shape index (κ1) is 16.0. The lowest BCUT2D eigenvalue weighted by atomic mass is 10.1. The smallest absolute Gasteiger partial charge is 0.348 e. The van der Waals surface area contributed by atoms with Gasteiger partial charge in [-0.25, -0.2) is 4.39 Å². The lowest BCUT2D eigenvalue weighted by Crippen LogP contribution is -2.34. The van der Waals surface area contributed by atoms with Crippen LogP contribution in [0.5, 0.6) is 0 Å². The van der Waals surface area contributed by atoms with Crippen molar-refractivity contribution in [3.8, 4) is 12.3 Å². The summed E-state index contributed by atoms with van der Waals surface area (Å²) in [5, 5.41) is 2.51. The zero-order valence-electron chi connectivity index (χ0n) is 10.7. The molecule has 0 heterocycles. The molecule has 0 bridgehead atoms. The molecule has 0 radical (unpaired) electrons. The fraction of sp³-hybridized carbons (Fsp3) is 0.357. The maximum absolute atomic E-state index is 13.1. The number of benzene rings is 1. The lowest BCUT2D eigenvalue weighted by Gasteiger charge is -2.15. The molecule has 1 unspecified atom stereocenters. The van der Waals surface area contributed by atoms with E-state index < -0.39 is 23.5 Å². The first-order valence-electron chi connectivity index (χ1n) is 5.90. The summed E-state index contributed by atoms with van der Waals surface area (Å²) in [6.45, 7) is 1.79. The third-order valence-corrected chi connectivity index (χ3v) is 2.73. The minimum atomic E-state index is -4.84. The molecule has 1 amide bonds. The zero-order valence-corrected chi connectivity index (χ0v) is 10.7. The van der Waals surface area contributed by atoms with Crippen LogP contribution >= 0.6 is 0 Å². The van der Waals surface area contributed by atoms with E-state index in [2.05, 4.69) is 11.2 Å². The fourth-order valence-corrected chi connectivity index (χ4v) is 1.59. The Morgan fingerprint density at radius 2 is 2.10 bits per heavy atom. The normalized spacial score (nSPS) is 12.6. The van der Waals surface area contributed by atoms with Gasteiger partial charge in [0.2, 0.25) is 0 Å². The SMILES string of the molecule is C#CCC(CC)NC(=O)c1ccc(F)c(C(F)(F)F)c1. The number of hydrogen-bond acceptors (Lipinski definition) is 1. The highest BCUT2D eigenvalue weighted by Crippen LogP contribution is 2.31. The van der Waals surface area contributed by atoms with E-state index in [1.165, 1.54) is 0 Å². The van der Waals surface area contributed by atoms with Gasteiger partial charge in [0.05, 0.1) is 5.56 Å². The highest BCUT2D eigenvalue weighted by molar-refractivity contribution is 5.94. The summed E-state index contributed by atoms with van der Waals surface area (Å²) in [5.74, 6) is 0.243. The van der Waals surface area contributed by atoms with E-state index >= 15 is 0 Å². The van der Waals surface area contributed by atoms with Gasteiger partial charge in [0, 0.05) is 18.0 Å². The topological polar surface area (TPSA) is 29.1 Å². The summed E-state index contributed by atoms with van der Waals surface area (Å²) >= 11 is 0. The zero-order chi connectivity index (χ0) is 15.3. The van der Waals surface area contributed by atoms with E-state index in [9.17, 15) is 22.4 Å². The van der Waals surface area contributed by atoms with Crippen molar-refractivity contribution in [1.29, 1.82) is 0 Å². The molecule has 0 aliphatic heterocycles. The predicted molar refractivity (Wildman–Crippen MR) is 66.4 cm³/mol. The average molecular weight is 287 g/mol. The Kier molecular flexibility index (Phi) is 5.14. The number of carbonyl (C=O) groups excluding carboxylic acids is 1. The Balaban J connectivity index is 2.98. The number of terminal acetylenes is 1. The average Bonchev–Trinajstić information content (AvgIpc) is 2.37.